The molecule has 1 saturated heterocycles. The summed E-state index contributed by atoms with van der Waals surface area (Å²) in [6.45, 7) is 2.75. The van der Waals surface area contributed by atoms with Crippen LogP contribution in [0.15, 0.2) is 24.3 Å². The highest BCUT2D eigenvalue weighted by Gasteiger charge is 2.42. The summed E-state index contributed by atoms with van der Waals surface area (Å²) < 4.78 is 38.2. The van der Waals surface area contributed by atoms with E-state index in [0.29, 0.717) is 13.1 Å². The number of fused-ring (bicyclic) bond motifs is 1. The monoisotopic (exact) mass is 284 g/mol. The number of halogens is 3. The maximum atomic E-state index is 12.7. The van der Waals surface area contributed by atoms with Crippen LogP contribution in [0, 0.1) is 5.92 Å². The Balaban J connectivity index is 1.70. The van der Waals surface area contributed by atoms with Crippen molar-refractivity contribution in [1.82, 2.24) is 10.2 Å². The van der Waals surface area contributed by atoms with Crippen LogP contribution in [-0.2, 0) is 6.54 Å². The summed E-state index contributed by atoms with van der Waals surface area (Å²) in [4.78, 5) is 2.20. The standard InChI is InChI=1S/C15H19F3N2/c16-15(17,18)12-5-7-20(8-6-12)14-10-19-9-11-3-1-2-4-13(11)14/h1-4,12,14,19H,5-10H2. The Morgan fingerprint density at radius 3 is 2.50 bits per heavy atom. The summed E-state index contributed by atoms with van der Waals surface area (Å²) in [6.07, 6.45) is -3.58. The van der Waals surface area contributed by atoms with Gasteiger partial charge in [-0.05, 0) is 37.1 Å². The number of piperidine rings is 1. The second-order valence-corrected chi connectivity index (χ2v) is 5.70. The molecule has 0 amide bonds. The Kier molecular flexibility index (Phi) is 3.73. The zero-order valence-electron chi connectivity index (χ0n) is 11.3. The van der Waals surface area contributed by atoms with Gasteiger partial charge < -0.3 is 5.32 Å². The van der Waals surface area contributed by atoms with Gasteiger partial charge in [0.2, 0.25) is 0 Å². The van der Waals surface area contributed by atoms with E-state index in [1.165, 1.54) is 11.1 Å². The van der Waals surface area contributed by atoms with Gasteiger partial charge in [0.15, 0.2) is 0 Å². The zero-order chi connectivity index (χ0) is 14.2. The van der Waals surface area contributed by atoms with Crippen molar-refractivity contribution in [1.29, 1.82) is 0 Å². The molecule has 1 atom stereocenters. The second-order valence-electron chi connectivity index (χ2n) is 5.70. The van der Waals surface area contributed by atoms with Crippen molar-refractivity contribution in [3.63, 3.8) is 0 Å². The average Bonchev–Trinajstić information content (AvgIpc) is 2.46. The van der Waals surface area contributed by atoms with Gasteiger partial charge in [-0.3, -0.25) is 4.90 Å². The van der Waals surface area contributed by atoms with Crippen LogP contribution >= 0.6 is 0 Å². The molecule has 0 bridgehead atoms. The molecule has 1 aromatic carbocycles. The van der Waals surface area contributed by atoms with Crippen molar-refractivity contribution in [2.75, 3.05) is 19.6 Å². The summed E-state index contributed by atoms with van der Waals surface area (Å²) in [6, 6.07) is 8.45. The van der Waals surface area contributed by atoms with Crippen LogP contribution in [0.1, 0.15) is 30.0 Å². The fourth-order valence-corrected chi connectivity index (χ4v) is 3.34. The lowest BCUT2D eigenvalue weighted by Crippen LogP contribution is -2.45. The van der Waals surface area contributed by atoms with Gasteiger partial charge in [-0.15, -0.1) is 0 Å². The third kappa shape index (κ3) is 2.69. The normalized spacial score (nSPS) is 25.4. The van der Waals surface area contributed by atoms with Crippen molar-refractivity contribution in [2.24, 2.45) is 5.92 Å². The van der Waals surface area contributed by atoms with Crippen LogP contribution in [0.5, 0.6) is 0 Å². The van der Waals surface area contributed by atoms with E-state index >= 15 is 0 Å². The Labute approximate surface area is 117 Å². The molecule has 0 aromatic heterocycles. The molecule has 1 fully saturated rings. The smallest absolute Gasteiger partial charge is 0.311 e. The van der Waals surface area contributed by atoms with E-state index < -0.39 is 12.1 Å². The highest BCUT2D eigenvalue weighted by atomic mass is 19.4. The molecule has 2 aliphatic heterocycles. The van der Waals surface area contributed by atoms with Crippen LogP contribution in [-0.4, -0.2) is 30.7 Å². The molecule has 5 heteroatoms. The largest absolute Gasteiger partial charge is 0.391 e. The molecule has 0 aliphatic carbocycles. The minimum Gasteiger partial charge on any atom is -0.311 e. The minimum absolute atomic E-state index is 0.217. The van der Waals surface area contributed by atoms with E-state index in [2.05, 4.69) is 22.3 Å². The molecule has 0 saturated carbocycles. The Bertz CT molecular complexity index is 464. The number of nitrogens with zero attached hydrogens (tertiary/aromatic N) is 1. The molecule has 1 N–H and O–H groups in total. The fourth-order valence-electron chi connectivity index (χ4n) is 3.34. The van der Waals surface area contributed by atoms with Gasteiger partial charge in [0.05, 0.1) is 5.92 Å². The van der Waals surface area contributed by atoms with Crippen LogP contribution in [0.25, 0.3) is 0 Å². The number of benzene rings is 1. The van der Waals surface area contributed by atoms with Gasteiger partial charge in [-0.2, -0.15) is 13.2 Å². The third-order valence-corrected chi connectivity index (χ3v) is 4.50. The number of hydrogen-bond acceptors (Lipinski definition) is 2. The molecule has 0 radical (unpaired) electrons. The minimum atomic E-state index is -4.03. The van der Waals surface area contributed by atoms with Crippen LogP contribution in [0.2, 0.25) is 0 Å². The van der Waals surface area contributed by atoms with Gasteiger partial charge in [0, 0.05) is 19.1 Å². The predicted octanol–water partition coefficient (Wildman–Crippen LogP) is 3.11. The summed E-state index contributed by atoms with van der Waals surface area (Å²) in [5.74, 6) is -1.12. The van der Waals surface area contributed by atoms with E-state index in [-0.39, 0.29) is 18.9 Å². The molecule has 2 heterocycles. The molecule has 110 valence electrons. The molecule has 3 rings (SSSR count). The molecule has 1 aromatic rings. The van der Waals surface area contributed by atoms with E-state index in [4.69, 9.17) is 0 Å². The summed E-state index contributed by atoms with van der Waals surface area (Å²) in [5.41, 5.74) is 2.54. The first kappa shape index (κ1) is 13.9. The molecular weight excluding hydrogens is 265 g/mol. The number of likely N-dealkylation sites (tertiary alicyclic amines) is 1. The molecule has 2 nitrogen and oxygen atoms in total. The highest BCUT2D eigenvalue weighted by molar-refractivity contribution is 5.32. The van der Waals surface area contributed by atoms with Crippen molar-refractivity contribution in [2.45, 2.75) is 31.6 Å². The Morgan fingerprint density at radius 2 is 1.80 bits per heavy atom. The maximum Gasteiger partial charge on any atom is 0.391 e. The fraction of sp³-hybridized carbons (Fsp3) is 0.600. The summed E-state index contributed by atoms with van der Waals surface area (Å²) in [7, 11) is 0. The van der Waals surface area contributed by atoms with Crippen molar-refractivity contribution < 1.29 is 13.2 Å². The molecular formula is C15H19F3N2. The van der Waals surface area contributed by atoms with Crippen LogP contribution < -0.4 is 5.32 Å². The zero-order valence-corrected chi connectivity index (χ0v) is 11.3. The van der Waals surface area contributed by atoms with Gasteiger partial charge >= 0.3 is 6.18 Å². The number of hydrogen-bond donors (Lipinski definition) is 1. The highest BCUT2D eigenvalue weighted by Crippen LogP contribution is 2.37. The first-order valence-electron chi connectivity index (χ1n) is 7.15. The van der Waals surface area contributed by atoms with Gasteiger partial charge in [0.25, 0.3) is 0 Å². The molecule has 2 aliphatic rings. The topological polar surface area (TPSA) is 15.3 Å². The van der Waals surface area contributed by atoms with Gasteiger partial charge in [-0.1, -0.05) is 24.3 Å². The lowest BCUT2D eigenvalue weighted by atomic mass is 9.91. The first-order valence-corrected chi connectivity index (χ1v) is 7.15. The molecule has 0 spiro atoms. The Morgan fingerprint density at radius 1 is 1.10 bits per heavy atom. The predicted molar refractivity (Wildman–Crippen MR) is 71.2 cm³/mol. The average molecular weight is 284 g/mol. The quantitative estimate of drug-likeness (QED) is 0.852. The van der Waals surface area contributed by atoms with E-state index in [9.17, 15) is 13.2 Å². The summed E-state index contributed by atoms with van der Waals surface area (Å²) >= 11 is 0. The lowest BCUT2D eigenvalue weighted by Gasteiger charge is -2.40. The van der Waals surface area contributed by atoms with Crippen LogP contribution in [0.3, 0.4) is 0 Å². The molecule has 1 unspecified atom stereocenters. The van der Waals surface area contributed by atoms with E-state index in [1.54, 1.807) is 0 Å². The van der Waals surface area contributed by atoms with Crippen molar-refractivity contribution in [3.05, 3.63) is 35.4 Å². The van der Waals surface area contributed by atoms with Gasteiger partial charge in [0.1, 0.15) is 0 Å². The number of alkyl halides is 3. The van der Waals surface area contributed by atoms with E-state index in [0.717, 1.165) is 13.1 Å². The lowest BCUT2D eigenvalue weighted by molar-refractivity contribution is -0.186. The maximum absolute atomic E-state index is 12.7. The van der Waals surface area contributed by atoms with E-state index in [1.807, 2.05) is 12.1 Å². The Hall–Kier alpha value is -1.07. The summed E-state index contributed by atoms with van der Waals surface area (Å²) in [5, 5.41) is 3.37. The SMILES string of the molecule is FC(F)(F)C1CCN(C2CNCc3ccccc32)CC1. The van der Waals surface area contributed by atoms with Crippen molar-refractivity contribution in [3.8, 4) is 0 Å². The first-order chi connectivity index (χ1) is 9.55. The number of nitrogens with one attached hydrogen (secondary N) is 1. The second kappa shape index (κ2) is 5.37. The molecule has 20 heavy (non-hydrogen) atoms. The van der Waals surface area contributed by atoms with Crippen LogP contribution in [0.4, 0.5) is 13.2 Å². The number of rotatable bonds is 1. The third-order valence-electron chi connectivity index (χ3n) is 4.50. The van der Waals surface area contributed by atoms with Crippen molar-refractivity contribution >= 4 is 0 Å². The van der Waals surface area contributed by atoms with Gasteiger partial charge in [-0.25, -0.2) is 0 Å².